The minimum Gasteiger partial charge on any atom is -0.379 e. The van der Waals surface area contributed by atoms with E-state index in [1.54, 1.807) is 30.3 Å². The lowest BCUT2D eigenvalue weighted by molar-refractivity contribution is -0.0436. The van der Waals surface area contributed by atoms with Crippen LogP contribution in [0.5, 0.6) is 5.75 Å². The molecule has 1 aliphatic heterocycles. The summed E-state index contributed by atoms with van der Waals surface area (Å²) in [6.07, 6.45) is -0.271. The highest BCUT2D eigenvalue weighted by Crippen LogP contribution is 2.34. The van der Waals surface area contributed by atoms with Gasteiger partial charge in [0.1, 0.15) is 10.6 Å². The van der Waals surface area contributed by atoms with Gasteiger partial charge in [-0.1, -0.05) is 66.7 Å². The van der Waals surface area contributed by atoms with Crippen LogP contribution in [0.3, 0.4) is 0 Å². The van der Waals surface area contributed by atoms with Gasteiger partial charge in [0.05, 0.1) is 12.7 Å². The molecule has 1 fully saturated rings. The molecule has 6 heteroatoms. The second kappa shape index (κ2) is 9.00. The number of benzene rings is 3. The van der Waals surface area contributed by atoms with Crippen LogP contribution >= 0.6 is 0 Å². The molecule has 1 saturated heterocycles. The van der Waals surface area contributed by atoms with E-state index in [2.05, 4.69) is 24.0 Å². The van der Waals surface area contributed by atoms with E-state index < -0.39 is 10.1 Å². The van der Waals surface area contributed by atoms with Gasteiger partial charge < -0.3 is 8.92 Å². The van der Waals surface area contributed by atoms with Crippen molar-refractivity contribution in [3.05, 3.63) is 96.1 Å². The van der Waals surface area contributed by atoms with Crippen LogP contribution in [0.2, 0.25) is 0 Å². The molecule has 5 nitrogen and oxygen atoms in total. The van der Waals surface area contributed by atoms with E-state index in [9.17, 15) is 8.42 Å². The fourth-order valence-electron chi connectivity index (χ4n) is 3.73. The monoisotopic (exact) mass is 423 g/mol. The molecule has 0 saturated carbocycles. The second-order valence-electron chi connectivity index (χ2n) is 7.33. The van der Waals surface area contributed by atoms with Crippen LogP contribution in [0.1, 0.15) is 30.2 Å². The van der Waals surface area contributed by atoms with E-state index in [0.717, 1.165) is 12.1 Å². The van der Waals surface area contributed by atoms with Gasteiger partial charge in [-0.25, -0.2) is 0 Å². The fraction of sp³-hybridized carbons (Fsp3) is 0.250. The van der Waals surface area contributed by atoms with Crippen LogP contribution in [0.4, 0.5) is 0 Å². The van der Waals surface area contributed by atoms with Crippen LogP contribution in [0, 0.1) is 0 Å². The average Bonchev–Trinajstić information content (AvgIpc) is 2.80. The van der Waals surface area contributed by atoms with Gasteiger partial charge in [0.25, 0.3) is 0 Å². The van der Waals surface area contributed by atoms with Crippen LogP contribution in [-0.4, -0.2) is 33.0 Å². The van der Waals surface area contributed by atoms with Gasteiger partial charge in [-0.05, 0) is 30.7 Å². The lowest BCUT2D eigenvalue weighted by atomic mass is 10.0. The van der Waals surface area contributed by atoms with Crippen molar-refractivity contribution in [1.82, 2.24) is 4.90 Å². The number of hydrogen-bond donors (Lipinski definition) is 0. The van der Waals surface area contributed by atoms with Crippen molar-refractivity contribution in [3.63, 3.8) is 0 Å². The molecule has 0 N–H and O–H groups in total. The van der Waals surface area contributed by atoms with Crippen LogP contribution in [0.25, 0.3) is 0 Å². The highest BCUT2D eigenvalue weighted by atomic mass is 32.2. The van der Waals surface area contributed by atoms with Crippen molar-refractivity contribution < 1.29 is 17.3 Å². The molecule has 0 aromatic heterocycles. The lowest BCUT2D eigenvalue weighted by Crippen LogP contribution is -2.40. The summed E-state index contributed by atoms with van der Waals surface area (Å²) in [6, 6.07) is 26.0. The SMILES string of the molecule is C[C@H](c1ccccc1)N1CCO[C@H](c2ccccc2OS(=O)(=O)c2ccccc2)C1. The minimum absolute atomic E-state index is 0.128. The fourth-order valence-corrected chi connectivity index (χ4v) is 4.70. The molecule has 0 spiro atoms. The van der Waals surface area contributed by atoms with Crippen molar-refractivity contribution in [2.24, 2.45) is 0 Å². The molecule has 4 rings (SSSR count). The van der Waals surface area contributed by atoms with E-state index in [4.69, 9.17) is 8.92 Å². The predicted octanol–water partition coefficient (Wildman–Crippen LogP) is 4.59. The minimum atomic E-state index is -3.92. The molecule has 3 aromatic rings. The summed E-state index contributed by atoms with van der Waals surface area (Å²) in [6.45, 7) is 4.22. The number of para-hydroxylation sites is 1. The van der Waals surface area contributed by atoms with Gasteiger partial charge in [0.2, 0.25) is 0 Å². The Hall–Kier alpha value is -2.67. The highest BCUT2D eigenvalue weighted by molar-refractivity contribution is 7.87. The summed E-state index contributed by atoms with van der Waals surface area (Å²) in [4.78, 5) is 2.48. The molecule has 0 amide bonds. The van der Waals surface area contributed by atoms with Crippen molar-refractivity contribution in [2.45, 2.75) is 24.0 Å². The van der Waals surface area contributed by atoms with Crippen molar-refractivity contribution in [2.75, 3.05) is 19.7 Å². The Morgan fingerprint density at radius 1 is 0.933 bits per heavy atom. The highest BCUT2D eigenvalue weighted by Gasteiger charge is 2.29. The Kier molecular flexibility index (Phi) is 6.18. The second-order valence-corrected chi connectivity index (χ2v) is 8.88. The maximum Gasteiger partial charge on any atom is 0.339 e. The Morgan fingerprint density at radius 3 is 2.30 bits per heavy atom. The Balaban J connectivity index is 1.56. The number of rotatable bonds is 6. The molecule has 1 aliphatic rings. The predicted molar refractivity (Wildman–Crippen MR) is 116 cm³/mol. The molecule has 0 aliphatic carbocycles. The summed E-state index contributed by atoms with van der Waals surface area (Å²) in [5, 5.41) is 0. The van der Waals surface area contributed by atoms with E-state index in [-0.39, 0.29) is 17.0 Å². The first-order chi connectivity index (χ1) is 14.5. The van der Waals surface area contributed by atoms with E-state index in [1.165, 1.54) is 17.7 Å². The summed E-state index contributed by atoms with van der Waals surface area (Å²) in [5.41, 5.74) is 1.98. The van der Waals surface area contributed by atoms with Gasteiger partial charge in [0, 0.05) is 24.7 Å². The first-order valence-corrected chi connectivity index (χ1v) is 11.4. The smallest absolute Gasteiger partial charge is 0.339 e. The van der Waals surface area contributed by atoms with E-state index >= 15 is 0 Å². The van der Waals surface area contributed by atoms with Gasteiger partial charge in [0.15, 0.2) is 0 Å². The lowest BCUT2D eigenvalue weighted by Gasteiger charge is -2.37. The van der Waals surface area contributed by atoms with Crippen molar-refractivity contribution in [3.8, 4) is 5.75 Å². The third-order valence-electron chi connectivity index (χ3n) is 5.42. The zero-order valence-corrected chi connectivity index (χ0v) is 17.7. The molecule has 0 bridgehead atoms. The average molecular weight is 424 g/mol. The Labute approximate surface area is 178 Å². The molecular weight excluding hydrogens is 398 g/mol. The standard InChI is InChI=1S/C24H25NO4S/c1-19(20-10-4-2-5-11-20)25-16-17-28-24(18-25)22-14-8-9-15-23(22)29-30(26,27)21-12-6-3-7-13-21/h2-15,19,24H,16-18H2,1H3/t19-,24+/m1/s1. The first-order valence-electron chi connectivity index (χ1n) is 10.0. The maximum absolute atomic E-state index is 12.7. The third kappa shape index (κ3) is 4.56. The van der Waals surface area contributed by atoms with Gasteiger partial charge in [-0.15, -0.1) is 0 Å². The third-order valence-corrected chi connectivity index (χ3v) is 6.67. The van der Waals surface area contributed by atoms with Crippen molar-refractivity contribution >= 4 is 10.1 Å². The molecule has 0 radical (unpaired) electrons. The number of nitrogens with zero attached hydrogens (tertiary/aromatic N) is 1. The van der Waals surface area contributed by atoms with Gasteiger partial charge in [-0.3, -0.25) is 4.90 Å². The molecule has 2 atom stereocenters. The van der Waals surface area contributed by atoms with Crippen LogP contribution in [-0.2, 0) is 14.9 Å². The summed E-state index contributed by atoms with van der Waals surface area (Å²) in [5.74, 6) is 0.306. The van der Waals surface area contributed by atoms with Gasteiger partial charge >= 0.3 is 10.1 Å². The Bertz CT molecular complexity index is 1070. The topological polar surface area (TPSA) is 55.8 Å². The summed E-state index contributed by atoms with van der Waals surface area (Å²) < 4.78 is 37.0. The van der Waals surface area contributed by atoms with Crippen molar-refractivity contribution in [1.29, 1.82) is 0 Å². The molecule has 30 heavy (non-hydrogen) atoms. The Morgan fingerprint density at radius 2 is 1.57 bits per heavy atom. The van der Waals surface area contributed by atoms with Gasteiger partial charge in [-0.2, -0.15) is 8.42 Å². The molecular formula is C24H25NO4S. The van der Waals surface area contributed by atoms with E-state index in [0.29, 0.717) is 18.9 Å². The zero-order valence-electron chi connectivity index (χ0n) is 16.8. The number of ether oxygens (including phenoxy) is 1. The van der Waals surface area contributed by atoms with E-state index in [1.807, 2.05) is 30.3 Å². The van der Waals surface area contributed by atoms with Crippen LogP contribution in [0.15, 0.2) is 89.8 Å². The van der Waals surface area contributed by atoms with Crippen LogP contribution < -0.4 is 4.18 Å². The largest absolute Gasteiger partial charge is 0.379 e. The zero-order chi connectivity index (χ0) is 21.0. The molecule has 1 heterocycles. The molecule has 3 aromatic carbocycles. The maximum atomic E-state index is 12.7. The number of hydrogen-bond acceptors (Lipinski definition) is 5. The summed E-state index contributed by atoms with van der Waals surface area (Å²) >= 11 is 0. The summed E-state index contributed by atoms with van der Waals surface area (Å²) in [7, 11) is -3.92. The number of morpholine rings is 1. The quantitative estimate of drug-likeness (QED) is 0.543. The molecule has 156 valence electrons. The first kappa shape index (κ1) is 20.6. The normalized spacial score (nSPS) is 18.6. The molecule has 0 unspecified atom stereocenters.